The van der Waals surface area contributed by atoms with Crippen molar-refractivity contribution >= 4 is 0 Å². The lowest BCUT2D eigenvalue weighted by Crippen LogP contribution is -2.29. The van der Waals surface area contributed by atoms with Gasteiger partial charge in [0.05, 0.1) is 13.2 Å². The average molecular weight is 305 g/mol. The molecule has 1 saturated carbocycles. The fraction of sp³-hybridized carbons (Fsp3) is 0.684. The minimum absolute atomic E-state index is 0.666. The zero-order chi connectivity index (χ0) is 15.6. The molecule has 0 unspecified atom stereocenters. The van der Waals surface area contributed by atoms with Crippen LogP contribution in [0.5, 0.6) is 11.5 Å². The molecule has 1 aromatic rings. The monoisotopic (exact) mass is 305 g/mol. The van der Waals surface area contributed by atoms with E-state index in [0.29, 0.717) is 19.3 Å². The molecule has 1 aliphatic carbocycles. The number of hydrogen-bond acceptors (Lipinski definition) is 3. The van der Waals surface area contributed by atoms with Crippen LogP contribution in [0, 0.1) is 0 Å². The molecule has 0 heterocycles. The van der Waals surface area contributed by atoms with E-state index < -0.39 is 0 Å². The van der Waals surface area contributed by atoms with Gasteiger partial charge in [-0.1, -0.05) is 38.2 Å². The van der Waals surface area contributed by atoms with Gasteiger partial charge in [-0.15, -0.1) is 0 Å². The zero-order valence-electron chi connectivity index (χ0n) is 14.2. The molecule has 0 bridgehead atoms. The van der Waals surface area contributed by atoms with E-state index in [4.69, 9.17) is 9.47 Å². The first-order chi connectivity index (χ1) is 10.8. The molecule has 2 rings (SSSR count). The first-order valence-electron chi connectivity index (χ1n) is 8.95. The van der Waals surface area contributed by atoms with Gasteiger partial charge >= 0.3 is 0 Å². The quantitative estimate of drug-likeness (QED) is 0.793. The second-order valence-electron chi connectivity index (χ2n) is 6.07. The SMILES string of the molecule is CCOc1ccc(CNC2CCCCCCC2)cc1OCC. The molecule has 0 aliphatic heterocycles. The summed E-state index contributed by atoms with van der Waals surface area (Å²) in [5.74, 6) is 1.71. The van der Waals surface area contributed by atoms with Crippen LogP contribution in [-0.2, 0) is 6.54 Å². The van der Waals surface area contributed by atoms with Gasteiger partial charge < -0.3 is 14.8 Å². The molecule has 0 spiro atoms. The van der Waals surface area contributed by atoms with Crippen molar-refractivity contribution in [1.29, 1.82) is 0 Å². The van der Waals surface area contributed by atoms with Crippen molar-refractivity contribution in [1.82, 2.24) is 5.32 Å². The maximum Gasteiger partial charge on any atom is 0.161 e. The Morgan fingerprint density at radius 3 is 2.23 bits per heavy atom. The van der Waals surface area contributed by atoms with Crippen molar-refractivity contribution in [2.75, 3.05) is 13.2 Å². The first-order valence-corrected chi connectivity index (χ1v) is 8.95. The Hall–Kier alpha value is -1.22. The highest BCUT2D eigenvalue weighted by atomic mass is 16.5. The van der Waals surface area contributed by atoms with Gasteiger partial charge in [0.15, 0.2) is 11.5 Å². The second kappa shape index (κ2) is 9.73. The highest BCUT2D eigenvalue weighted by Gasteiger charge is 2.11. The largest absolute Gasteiger partial charge is 0.490 e. The number of rotatable bonds is 7. The molecule has 1 aliphatic rings. The van der Waals surface area contributed by atoms with Gasteiger partial charge in [0.2, 0.25) is 0 Å². The van der Waals surface area contributed by atoms with Crippen molar-refractivity contribution in [2.45, 2.75) is 71.4 Å². The average Bonchev–Trinajstić information content (AvgIpc) is 2.49. The molecule has 1 fully saturated rings. The van der Waals surface area contributed by atoms with E-state index in [0.717, 1.165) is 18.0 Å². The molecule has 22 heavy (non-hydrogen) atoms. The number of ether oxygens (including phenoxy) is 2. The molecular formula is C19H31NO2. The van der Waals surface area contributed by atoms with Crippen molar-refractivity contribution in [3.63, 3.8) is 0 Å². The molecule has 1 aromatic carbocycles. The Balaban J connectivity index is 1.92. The maximum atomic E-state index is 5.71. The van der Waals surface area contributed by atoms with E-state index in [1.807, 2.05) is 19.9 Å². The Morgan fingerprint density at radius 1 is 0.909 bits per heavy atom. The van der Waals surface area contributed by atoms with Crippen molar-refractivity contribution < 1.29 is 9.47 Å². The lowest BCUT2D eigenvalue weighted by atomic mass is 9.96. The van der Waals surface area contributed by atoms with Crippen molar-refractivity contribution in [2.24, 2.45) is 0 Å². The van der Waals surface area contributed by atoms with E-state index in [1.54, 1.807) is 0 Å². The van der Waals surface area contributed by atoms with E-state index in [2.05, 4.69) is 17.4 Å². The number of benzene rings is 1. The van der Waals surface area contributed by atoms with Crippen LogP contribution in [0.25, 0.3) is 0 Å². The summed E-state index contributed by atoms with van der Waals surface area (Å²) in [7, 11) is 0. The molecule has 0 radical (unpaired) electrons. The third-order valence-corrected chi connectivity index (χ3v) is 4.31. The summed E-state index contributed by atoms with van der Waals surface area (Å²) < 4.78 is 11.3. The van der Waals surface area contributed by atoms with Crippen LogP contribution in [0.15, 0.2) is 18.2 Å². The third kappa shape index (κ3) is 5.53. The molecule has 0 saturated heterocycles. The first kappa shape index (κ1) is 17.1. The van der Waals surface area contributed by atoms with Crippen LogP contribution < -0.4 is 14.8 Å². The van der Waals surface area contributed by atoms with E-state index in [-0.39, 0.29) is 0 Å². The molecule has 3 nitrogen and oxygen atoms in total. The van der Waals surface area contributed by atoms with E-state index >= 15 is 0 Å². The molecule has 124 valence electrons. The molecule has 3 heteroatoms. The fourth-order valence-electron chi connectivity index (χ4n) is 3.13. The van der Waals surface area contributed by atoms with Gasteiger partial charge in [-0.25, -0.2) is 0 Å². The van der Waals surface area contributed by atoms with Crippen molar-refractivity contribution in [3.05, 3.63) is 23.8 Å². The Morgan fingerprint density at radius 2 is 1.55 bits per heavy atom. The predicted molar refractivity (Wildman–Crippen MR) is 91.7 cm³/mol. The summed E-state index contributed by atoms with van der Waals surface area (Å²) in [6.45, 7) is 6.26. The van der Waals surface area contributed by atoms with Gasteiger partial charge in [0.1, 0.15) is 0 Å². The van der Waals surface area contributed by atoms with Crippen LogP contribution in [-0.4, -0.2) is 19.3 Å². The van der Waals surface area contributed by atoms with E-state index in [1.165, 1.54) is 50.5 Å². The number of nitrogens with one attached hydrogen (secondary N) is 1. The zero-order valence-corrected chi connectivity index (χ0v) is 14.2. The highest BCUT2D eigenvalue weighted by molar-refractivity contribution is 5.43. The summed E-state index contributed by atoms with van der Waals surface area (Å²) in [6.07, 6.45) is 9.58. The van der Waals surface area contributed by atoms with Gasteiger partial charge in [-0.2, -0.15) is 0 Å². The van der Waals surface area contributed by atoms with Crippen LogP contribution in [0.1, 0.15) is 64.4 Å². The topological polar surface area (TPSA) is 30.5 Å². The molecule has 1 N–H and O–H groups in total. The fourth-order valence-corrected chi connectivity index (χ4v) is 3.13. The summed E-state index contributed by atoms with van der Waals surface area (Å²) in [5.41, 5.74) is 1.27. The summed E-state index contributed by atoms with van der Waals surface area (Å²) in [6, 6.07) is 6.96. The normalized spacial score (nSPS) is 16.8. The lowest BCUT2D eigenvalue weighted by molar-refractivity contribution is 0.287. The van der Waals surface area contributed by atoms with Gasteiger partial charge in [-0.3, -0.25) is 0 Å². The predicted octanol–water partition coefficient (Wildman–Crippen LogP) is 4.69. The Kier molecular flexibility index (Phi) is 7.58. The Labute approximate surface area is 135 Å². The molecule has 0 atom stereocenters. The number of hydrogen-bond donors (Lipinski definition) is 1. The summed E-state index contributed by atoms with van der Waals surface area (Å²) in [5, 5.41) is 3.73. The van der Waals surface area contributed by atoms with Crippen molar-refractivity contribution in [3.8, 4) is 11.5 Å². The Bertz CT molecular complexity index is 425. The van der Waals surface area contributed by atoms with Crippen LogP contribution in [0.4, 0.5) is 0 Å². The van der Waals surface area contributed by atoms with Crippen LogP contribution in [0.3, 0.4) is 0 Å². The highest BCUT2D eigenvalue weighted by Crippen LogP contribution is 2.28. The minimum Gasteiger partial charge on any atom is -0.490 e. The smallest absolute Gasteiger partial charge is 0.161 e. The van der Waals surface area contributed by atoms with Gasteiger partial charge in [-0.05, 0) is 44.4 Å². The summed E-state index contributed by atoms with van der Waals surface area (Å²) in [4.78, 5) is 0. The van der Waals surface area contributed by atoms with Gasteiger partial charge in [0.25, 0.3) is 0 Å². The van der Waals surface area contributed by atoms with Crippen LogP contribution in [0.2, 0.25) is 0 Å². The van der Waals surface area contributed by atoms with E-state index in [9.17, 15) is 0 Å². The standard InChI is InChI=1S/C19H31NO2/c1-3-21-18-13-12-16(14-19(18)22-4-2)15-20-17-10-8-6-5-7-9-11-17/h12-14,17,20H,3-11,15H2,1-2H3. The molecule has 0 amide bonds. The second-order valence-corrected chi connectivity index (χ2v) is 6.07. The lowest BCUT2D eigenvalue weighted by Gasteiger charge is -2.21. The third-order valence-electron chi connectivity index (χ3n) is 4.31. The van der Waals surface area contributed by atoms with Gasteiger partial charge in [0, 0.05) is 12.6 Å². The maximum absolute atomic E-state index is 5.71. The molecular weight excluding hydrogens is 274 g/mol. The van der Waals surface area contributed by atoms with Crippen LogP contribution >= 0.6 is 0 Å². The summed E-state index contributed by atoms with van der Waals surface area (Å²) >= 11 is 0. The molecule has 0 aromatic heterocycles. The minimum atomic E-state index is 0.666.